The summed E-state index contributed by atoms with van der Waals surface area (Å²) in [4.78, 5) is 86.8. The highest BCUT2D eigenvalue weighted by Gasteiger charge is 2.30. The van der Waals surface area contributed by atoms with E-state index in [1.165, 1.54) is 46.9 Å². The van der Waals surface area contributed by atoms with Gasteiger partial charge in [-0.1, -0.05) is 0 Å². The van der Waals surface area contributed by atoms with E-state index in [0.29, 0.717) is 99.0 Å². The first-order chi connectivity index (χ1) is 59.3. The predicted molar refractivity (Wildman–Crippen MR) is 472 cm³/mol. The molecule has 123 heavy (non-hydrogen) atoms. The lowest BCUT2D eigenvalue weighted by Crippen LogP contribution is -2.39. The van der Waals surface area contributed by atoms with Gasteiger partial charge in [-0.3, -0.25) is 48.3 Å². The molecule has 5 fully saturated rings. The van der Waals surface area contributed by atoms with Crippen molar-refractivity contribution < 1.29 is 48.0 Å². The summed E-state index contributed by atoms with van der Waals surface area (Å²) in [6.07, 6.45) is 36.2. The number of carboxylic acid groups (broad SMARTS) is 1. The van der Waals surface area contributed by atoms with Crippen molar-refractivity contribution >= 4 is 86.7 Å². The van der Waals surface area contributed by atoms with Gasteiger partial charge in [-0.25, -0.2) is 24.0 Å². The molecule has 0 aromatic carbocycles. The summed E-state index contributed by atoms with van der Waals surface area (Å²) in [5.41, 5.74) is 14.1. The van der Waals surface area contributed by atoms with Gasteiger partial charge >= 0.3 is 29.8 Å². The number of aromatic carboxylic acids is 1. The van der Waals surface area contributed by atoms with Crippen LogP contribution in [0.15, 0.2) is 123 Å². The van der Waals surface area contributed by atoms with Gasteiger partial charge in [0.15, 0.2) is 0 Å². The number of nitrogens with one attached hydrogen (secondary N) is 7. The predicted octanol–water partition coefficient (Wildman–Crippen LogP) is 13.5. The maximum Gasteiger partial charge on any atom is 0.340 e. The summed E-state index contributed by atoms with van der Waals surface area (Å²) in [6.45, 7) is 34.0. The molecule has 5 aliphatic heterocycles. The summed E-state index contributed by atoms with van der Waals surface area (Å²) in [7, 11) is 5.48. The second-order valence-electron chi connectivity index (χ2n) is 32.0. The van der Waals surface area contributed by atoms with Crippen molar-refractivity contribution in [2.75, 3.05) is 120 Å². The fourth-order valence-corrected chi connectivity index (χ4v) is 15.8. The largest absolute Gasteiger partial charge is 0.478 e. The Kier molecular flexibility index (Phi) is 32.9. The van der Waals surface area contributed by atoms with Crippen LogP contribution in [0.3, 0.4) is 0 Å². The van der Waals surface area contributed by atoms with Crippen molar-refractivity contribution in [1.82, 2.24) is 99.2 Å². The van der Waals surface area contributed by atoms with E-state index in [1.807, 2.05) is 61.8 Å². The first-order valence-electron chi connectivity index (χ1n) is 42.4. The second-order valence-corrected chi connectivity index (χ2v) is 32.0. The number of hydrogen-bond donors (Lipinski definition) is 8. The van der Waals surface area contributed by atoms with Crippen LogP contribution in [0, 0.1) is 34.6 Å². The Morgan fingerprint density at radius 3 is 0.870 bits per heavy atom. The van der Waals surface area contributed by atoms with E-state index in [9.17, 15) is 29.1 Å². The molecule has 0 atom stereocenters. The van der Waals surface area contributed by atoms with Gasteiger partial charge in [-0.2, -0.15) is 25.5 Å². The third-order valence-corrected chi connectivity index (χ3v) is 23.3. The highest BCUT2D eigenvalue weighted by atomic mass is 16.5. The van der Waals surface area contributed by atoms with Crippen molar-refractivity contribution in [3.8, 4) is 0 Å². The smallest absolute Gasteiger partial charge is 0.340 e. The zero-order chi connectivity index (χ0) is 87.8. The standard InChI is InChI=1S/2C19H27N5O2.C18H25N5O2.2C16H21N5O2/c1-13(2)23-9-6-15(7-10-23)24-14(3)17(12-21-24)22-18-11-20-8-5-16(18)19(25)26-4;1-13(2)23-9-6-15(7-10-23)24-12-18(14(3)22-24)21-17-11-20-8-5-16(17)19(25)26-4;1-12(2)22-8-5-14(6-9-22)23-11-17(13(3)21-23)20-16-10-19-7-4-15(16)18(24)25;1-11-14(10-19-21(11)12-3-6-17-7-4-12)20-15-9-18-8-5-13(15)16(22)23-2;1-11-15(10-21(20-11)12-3-6-17-7-4-12)19-14-9-18-8-5-13(14)16(22)23-2/h5,8,11-13,15,22H,6-7,9-10H2,1-4H3;5,8,11-13,15,21H,6-7,9-10H2,1-4H3;4,7,10-12,14,20H,5-6,8-9H2,1-3H3,(H,24,25);5,8-10,12,17,20H,3-4,6-7H2,1-2H3;5,8-10,12,17,19H,3-4,6-7H2,1-2H3. The van der Waals surface area contributed by atoms with Gasteiger partial charge in [0.25, 0.3) is 0 Å². The zero-order valence-corrected chi connectivity index (χ0v) is 73.5. The Balaban J connectivity index is 0.000000150. The number of esters is 4. The Morgan fingerprint density at radius 2 is 0.593 bits per heavy atom. The van der Waals surface area contributed by atoms with Crippen LogP contribution >= 0.6 is 0 Å². The Hall–Kier alpha value is -12.1. The lowest BCUT2D eigenvalue weighted by Gasteiger charge is -2.35. The topological polar surface area (TPSA) is 390 Å². The molecular formula is C88H121N25O10. The van der Waals surface area contributed by atoms with E-state index in [2.05, 4.69) is 160 Å². The van der Waals surface area contributed by atoms with Gasteiger partial charge in [-0.05, 0) is 197 Å². The number of ether oxygens (including phenoxy) is 4. The van der Waals surface area contributed by atoms with Gasteiger partial charge < -0.3 is 76.0 Å². The molecule has 15 rings (SSSR count). The Labute approximate surface area is 719 Å². The minimum atomic E-state index is -0.976. The van der Waals surface area contributed by atoms with Crippen LogP contribution in [-0.2, 0) is 18.9 Å². The molecule has 5 aliphatic rings. The SMILES string of the molecule is COC(=O)c1ccncc1Nc1cn(C2CCN(C(C)C)CC2)nc1C.COC(=O)c1ccncc1Nc1cn(C2CCNCC2)nc1C.COC(=O)c1ccncc1Nc1cnn(C2CCN(C(C)C)CC2)c1C.COC(=O)c1ccncc1Nc1cnn(C2CCNCC2)c1C.Cc1nn(C2CCN(C(C)C)CC2)cc1Nc1cnccc1C(=O)O. The van der Waals surface area contributed by atoms with E-state index in [-0.39, 0.29) is 17.5 Å². The van der Waals surface area contributed by atoms with Crippen LogP contribution in [0.5, 0.6) is 0 Å². The summed E-state index contributed by atoms with van der Waals surface area (Å²) in [6, 6.07) is 11.9. The van der Waals surface area contributed by atoms with E-state index >= 15 is 0 Å². The van der Waals surface area contributed by atoms with Gasteiger partial charge in [-0.15, -0.1) is 0 Å². The molecule has 0 unspecified atom stereocenters. The molecular weight excluding hydrogens is 1570 g/mol. The first kappa shape index (κ1) is 91.7. The number of carbonyl (C=O) groups excluding carboxylic acids is 4. The second kappa shape index (κ2) is 44.1. The normalized spacial score (nSPS) is 15.9. The lowest BCUT2D eigenvalue weighted by molar-refractivity contribution is 0.0593. The minimum Gasteiger partial charge on any atom is -0.478 e. The molecule has 5 saturated heterocycles. The molecule has 15 heterocycles. The monoisotopic (exact) mass is 1690 g/mol. The van der Waals surface area contributed by atoms with E-state index in [0.717, 1.165) is 187 Å². The van der Waals surface area contributed by atoms with E-state index in [1.54, 1.807) is 80.0 Å². The highest BCUT2D eigenvalue weighted by molar-refractivity contribution is 5.99. The average molecular weight is 1690 g/mol. The van der Waals surface area contributed by atoms with Crippen LogP contribution in [0.4, 0.5) is 56.9 Å². The third-order valence-electron chi connectivity index (χ3n) is 23.3. The van der Waals surface area contributed by atoms with E-state index < -0.39 is 17.9 Å². The summed E-state index contributed by atoms with van der Waals surface area (Å²) in [5.74, 6) is -2.53. The van der Waals surface area contributed by atoms with Crippen LogP contribution in [0.1, 0.15) is 216 Å². The van der Waals surface area contributed by atoms with Crippen molar-refractivity contribution in [3.63, 3.8) is 0 Å². The van der Waals surface area contributed by atoms with Crippen molar-refractivity contribution in [1.29, 1.82) is 0 Å². The lowest BCUT2D eigenvalue weighted by atomic mass is 10.0. The maximum atomic E-state index is 11.9. The molecule has 0 spiro atoms. The Morgan fingerprint density at radius 1 is 0.350 bits per heavy atom. The number of aryl methyl sites for hydroxylation is 3. The van der Waals surface area contributed by atoms with E-state index in [4.69, 9.17) is 24.0 Å². The van der Waals surface area contributed by atoms with Gasteiger partial charge in [0.1, 0.15) is 0 Å². The van der Waals surface area contributed by atoms with Gasteiger partial charge in [0.05, 0.1) is 215 Å². The van der Waals surface area contributed by atoms with Crippen LogP contribution in [0.2, 0.25) is 0 Å². The number of pyridine rings is 5. The molecule has 35 nitrogen and oxygen atoms in total. The molecule has 35 heteroatoms. The number of hydrogen-bond acceptors (Lipinski definition) is 29. The van der Waals surface area contributed by atoms with Crippen molar-refractivity contribution in [2.24, 2.45) is 0 Å². The summed E-state index contributed by atoms with van der Waals surface area (Å²) in [5, 5.41) is 55.3. The molecule has 10 aromatic rings. The molecule has 0 bridgehead atoms. The molecule has 0 aliphatic carbocycles. The summed E-state index contributed by atoms with van der Waals surface area (Å²) >= 11 is 0. The first-order valence-corrected chi connectivity index (χ1v) is 42.4. The number of aromatic nitrogens is 15. The fourth-order valence-electron chi connectivity index (χ4n) is 15.8. The molecule has 8 N–H and O–H groups in total. The van der Waals surface area contributed by atoms with Crippen molar-refractivity contribution in [3.05, 3.63) is 180 Å². The molecule has 0 saturated carbocycles. The number of methoxy groups -OCH3 is 4. The summed E-state index contributed by atoms with van der Waals surface area (Å²) < 4.78 is 29.6. The quantitative estimate of drug-likeness (QED) is 0.0218. The fraction of sp³-hybridized carbons (Fsp3) is 0.489. The van der Waals surface area contributed by atoms with Crippen LogP contribution in [0.25, 0.3) is 0 Å². The van der Waals surface area contributed by atoms with Gasteiger partial charge in [0.2, 0.25) is 0 Å². The number of piperidine rings is 5. The molecule has 10 aromatic heterocycles. The maximum absolute atomic E-state index is 11.9. The molecule has 658 valence electrons. The van der Waals surface area contributed by atoms with Crippen LogP contribution in [-0.4, -0.2) is 235 Å². The van der Waals surface area contributed by atoms with Crippen molar-refractivity contribution in [2.45, 2.75) is 189 Å². The number of likely N-dealkylation sites (tertiary alicyclic amines) is 3. The number of rotatable bonds is 23. The average Bonchev–Trinajstić information content (AvgIpc) is 1.69. The number of carboxylic acids is 1. The van der Waals surface area contributed by atoms with Crippen LogP contribution < -0.4 is 37.2 Å². The molecule has 0 amide bonds. The highest BCUT2D eigenvalue weighted by Crippen LogP contribution is 2.35. The third kappa shape index (κ3) is 24.0. The molecule has 0 radical (unpaired) electrons. The number of carbonyl (C=O) groups is 5. The number of nitrogens with zero attached hydrogens (tertiary/aromatic N) is 18. The minimum absolute atomic E-state index is 0.201. The zero-order valence-electron chi connectivity index (χ0n) is 73.5. The number of anilines is 10. The Bertz CT molecular complexity index is 4990. The van der Waals surface area contributed by atoms with Gasteiger partial charge in [0, 0.05) is 107 Å².